The molecule has 1 unspecified atom stereocenters. The number of benzene rings is 2. The van der Waals surface area contributed by atoms with Gasteiger partial charge in [-0.2, -0.15) is 5.10 Å². The van der Waals surface area contributed by atoms with Gasteiger partial charge in [0.25, 0.3) is 0 Å². The van der Waals surface area contributed by atoms with E-state index in [0.717, 1.165) is 10.0 Å². The van der Waals surface area contributed by atoms with E-state index in [2.05, 4.69) is 31.1 Å². The lowest BCUT2D eigenvalue weighted by molar-refractivity contribution is 0.477. The number of nitrogens with one attached hydrogen (secondary N) is 1. The number of aromatic hydroxyl groups is 1. The standard InChI is InChI=1S/C16H15BrN4O/c1-9-2-4-10(5-3-9)14(18)16-19-15(20-21-16)12-8-11(17)6-7-13(12)22/h2-8,14,22H,18H2,1H3,(H,19,20,21). The number of phenols is 1. The van der Waals surface area contributed by atoms with Gasteiger partial charge in [0.2, 0.25) is 0 Å². The van der Waals surface area contributed by atoms with Gasteiger partial charge in [0.05, 0.1) is 11.6 Å². The zero-order valence-electron chi connectivity index (χ0n) is 11.9. The van der Waals surface area contributed by atoms with Crippen LogP contribution in [0.2, 0.25) is 0 Å². The number of hydrogen-bond donors (Lipinski definition) is 3. The Hall–Kier alpha value is -2.18. The molecule has 6 heteroatoms. The van der Waals surface area contributed by atoms with E-state index < -0.39 is 6.04 Å². The molecule has 0 bridgehead atoms. The third-order valence-electron chi connectivity index (χ3n) is 3.43. The largest absolute Gasteiger partial charge is 0.507 e. The molecule has 5 nitrogen and oxygen atoms in total. The zero-order chi connectivity index (χ0) is 15.7. The summed E-state index contributed by atoms with van der Waals surface area (Å²) in [5.74, 6) is 1.09. The van der Waals surface area contributed by atoms with Crippen LogP contribution in [0.5, 0.6) is 5.75 Å². The minimum absolute atomic E-state index is 0.123. The number of phenolic OH excluding ortho intramolecular Hbond substituents is 1. The van der Waals surface area contributed by atoms with Crippen LogP contribution < -0.4 is 5.73 Å². The van der Waals surface area contributed by atoms with Crippen LogP contribution in [0.25, 0.3) is 11.4 Å². The first-order valence-electron chi connectivity index (χ1n) is 6.78. The summed E-state index contributed by atoms with van der Waals surface area (Å²) in [6, 6.07) is 12.7. The zero-order valence-corrected chi connectivity index (χ0v) is 13.5. The Morgan fingerprint density at radius 2 is 1.91 bits per heavy atom. The molecule has 2 aromatic carbocycles. The maximum absolute atomic E-state index is 9.94. The summed E-state index contributed by atoms with van der Waals surface area (Å²) in [5.41, 5.74) is 8.89. The van der Waals surface area contributed by atoms with Gasteiger partial charge in [-0.05, 0) is 30.7 Å². The third kappa shape index (κ3) is 2.88. The second kappa shape index (κ2) is 5.90. The minimum Gasteiger partial charge on any atom is -0.507 e. The summed E-state index contributed by atoms with van der Waals surface area (Å²) in [6.07, 6.45) is 0. The Morgan fingerprint density at radius 3 is 2.64 bits per heavy atom. The quantitative estimate of drug-likeness (QED) is 0.670. The predicted molar refractivity (Wildman–Crippen MR) is 88.4 cm³/mol. The highest BCUT2D eigenvalue weighted by Crippen LogP contribution is 2.30. The Balaban J connectivity index is 1.93. The second-order valence-corrected chi connectivity index (χ2v) is 6.01. The van der Waals surface area contributed by atoms with E-state index in [1.54, 1.807) is 18.2 Å². The molecule has 0 aliphatic carbocycles. The van der Waals surface area contributed by atoms with Crippen LogP contribution in [0.15, 0.2) is 46.9 Å². The molecule has 0 spiro atoms. The monoisotopic (exact) mass is 358 g/mol. The van der Waals surface area contributed by atoms with Gasteiger partial charge in [-0.1, -0.05) is 45.8 Å². The Kier molecular flexibility index (Phi) is 3.96. The number of nitrogens with zero attached hydrogens (tertiary/aromatic N) is 2. The molecule has 4 N–H and O–H groups in total. The molecule has 1 atom stereocenters. The van der Waals surface area contributed by atoms with Crippen LogP contribution in [0, 0.1) is 6.92 Å². The molecular formula is C16H15BrN4O. The average molecular weight is 359 g/mol. The second-order valence-electron chi connectivity index (χ2n) is 5.09. The molecule has 0 fully saturated rings. The lowest BCUT2D eigenvalue weighted by Gasteiger charge is -2.08. The van der Waals surface area contributed by atoms with E-state index in [1.807, 2.05) is 31.2 Å². The maximum Gasteiger partial charge on any atom is 0.184 e. The van der Waals surface area contributed by atoms with Crippen molar-refractivity contribution in [3.63, 3.8) is 0 Å². The van der Waals surface area contributed by atoms with E-state index in [-0.39, 0.29) is 5.75 Å². The number of aromatic nitrogens is 3. The normalized spacial score (nSPS) is 12.3. The van der Waals surface area contributed by atoms with Crippen LogP contribution in [0.3, 0.4) is 0 Å². The first-order valence-corrected chi connectivity index (χ1v) is 7.57. The van der Waals surface area contributed by atoms with Gasteiger partial charge in [-0.3, -0.25) is 5.10 Å². The number of hydrogen-bond acceptors (Lipinski definition) is 4. The topological polar surface area (TPSA) is 87.8 Å². The van der Waals surface area contributed by atoms with Crippen molar-refractivity contribution >= 4 is 15.9 Å². The van der Waals surface area contributed by atoms with E-state index in [4.69, 9.17) is 5.73 Å². The summed E-state index contributed by atoms with van der Waals surface area (Å²) in [7, 11) is 0. The molecule has 0 aliphatic rings. The summed E-state index contributed by atoms with van der Waals surface area (Å²) < 4.78 is 0.842. The van der Waals surface area contributed by atoms with Gasteiger partial charge < -0.3 is 10.8 Å². The number of aromatic amines is 1. The van der Waals surface area contributed by atoms with Crippen LogP contribution in [0.1, 0.15) is 23.0 Å². The van der Waals surface area contributed by atoms with Crippen LogP contribution in [-0.2, 0) is 0 Å². The van der Waals surface area contributed by atoms with Gasteiger partial charge in [-0.25, -0.2) is 4.98 Å². The van der Waals surface area contributed by atoms with E-state index in [9.17, 15) is 5.11 Å². The number of nitrogens with two attached hydrogens (primary N) is 1. The molecule has 1 heterocycles. The smallest absolute Gasteiger partial charge is 0.184 e. The lowest BCUT2D eigenvalue weighted by atomic mass is 10.1. The Labute approximate surface area is 136 Å². The van der Waals surface area contributed by atoms with Crippen molar-refractivity contribution in [2.45, 2.75) is 13.0 Å². The van der Waals surface area contributed by atoms with Crippen molar-refractivity contribution in [3.8, 4) is 17.1 Å². The SMILES string of the molecule is Cc1ccc(C(N)c2nc(-c3cc(Br)ccc3O)n[nH]2)cc1. The lowest BCUT2D eigenvalue weighted by Crippen LogP contribution is -2.13. The van der Waals surface area contributed by atoms with Gasteiger partial charge in [0, 0.05) is 4.47 Å². The summed E-state index contributed by atoms with van der Waals surface area (Å²) in [6.45, 7) is 2.03. The molecule has 0 saturated heterocycles. The van der Waals surface area contributed by atoms with Crippen molar-refractivity contribution < 1.29 is 5.11 Å². The van der Waals surface area contributed by atoms with Gasteiger partial charge >= 0.3 is 0 Å². The van der Waals surface area contributed by atoms with Gasteiger partial charge in [0.15, 0.2) is 5.82 Å². The number of aryl methyl sites for hydroxylation is 1. The highest BCUT2D eigenvalue weighted by atomic mass is 79.9. The third-order valence-corrected chi connectivity index (χ3v) is 3.93. The van der Waals surface area contributed by atoms with E-state index in [0.29, 0.717) is 17.2 Å². The molecular weight excluding hydrogens is 344 g/mol. The van der Waals surface area contributed by atoms with Crippen molar-refractivity contribution in [3.05, 3.63) is 63.9 Å². The fraction of sp³-hybridized carbons (Fsp3) is 0.125. The highest BCUT2D eigenvalue weighted by molar-refractivity contribution is 9.10. The predicted octanol–water partition coefficient (Wildman–Crippen LogP) is 3.30. The Morgan fingerprint density at radius 1 is 1.18 bits per heavy atom. The fourth-order valence-corrected chi connectivity index (χ4v) is 2.51. The fourth-order valence-electron chi connectivity index (χ4n) is 2.15. The molecule has 1 aromatic heterocycles. The molecule has 112 valence electrons. The molecule has 0 aliphatic heterocycles. The maximum atomic E-state index is 9.94. The van der Waals surface area contributed by atoms with E-state index in [1.165, 1.54) is 5.56 Å². The number of H-pyrrole nitrogens is 1. The van der Waals surface area contributed by atoms with Crippen molar-refractivity contribution in [1.82, 2.24) is 15.2 Å². The first kappa shape index (κ1) is 14.7. The summed E-state index contributed by atoms with van der Waals surface area (Å²) in [4.78, 5) is 4.41. The minimum atomic E-state index is -0.392. The highest BCUT2D eigenvalue weighted by Gasteiger charge is 2.16. The van der Waals surface area contributed by atoms with Crippen molar-refractivity contribution in [2.75, 3.05) is 0 Å². The Bertz CT molecular complexity index is 798. The van der Waals surface area contributed by atoms with E-state index >= 15 is 0 Å². The number of rotatable bonds is 3. The average Bonchev–Trinajstić information content (AvgIpc) is 2.99. The summed E-state index contributed by atoms with van der Waals surface area (Å²) >= 11 is 3.37. The van der Waals surface area contributed by atoms with Crippen LogP contribution >= 0.6 is 15.9 Å². The molecule has 0 radical (unpaired) electrons. The number of halogens is 1. The molecule has 22 heavy (non-hydrogen) atoms. The van der Waals surface area contributed by atoms with Gasteiger partial charge in [-0.15, -0.1) is 0 Å². The molecule has 3 rings (SSSR count). The van der Waals surface area contributed by atoms with Crippen molar-refractivity contribution in [1.29, 1.82) is 0 Å². The first-order chi connectivity index (χ1) is 10.5. The molecule has 3 aromatic rings. The van der Waals surface area contributed by atoms with Gasteiger partial charge in [0.1, 0.15) is 11.6 Å². The van der Waals surface area contributed by atoms with Crippen molar-refractivity contribution in [2.24, 2.45) is 5.73 Å². The summed E-state index contributed by atoms with van der Waals surface area (Å²) in [5, 5.41) is 16.9. The van der Waals surface area contributed by atoms with Crippen LogP contribution in [0.4, 0.5) is 0 Å². The molecule has 0 amide bonds. The van der Waals surface area contributed by atoms with Crippen LogP contribution in [-0.4, -0.2) is 20.3 Å². The molecule has 0 saturated carbocycles.